The maximum Gasteiger partial charge on any atom is 0.0871 e. The minimum atomic E-state index is 0.105. The van der Waals surface area contributed by atoms with Crippen molar-refractivity contribution in [2.45, 2.75) is 26.3 Å². The van der Waals surface area contributed by atoms with Crippen LogP contribution in [0.2, 0.25) is 0 Å². The lowest BCUT2D eigenvalue weighted by Gasteiger charge is -2.14. The average molecular weight is 252 g/mol. The van der Waals surface area contributed by atoms with Crippen LogP contribution in [0.5, 0.6) is 0 Å². The molecule has 0 aromatic heterocycles. The van der Waals surface area contributed by atoms with Crippen LogP contribution in [0.15, 0.2) is 22.7 Å². The molecule has 0 fully saturated rings. The molecule has 0 radical (unpaired) electrons. The number of hydrogen-bond donors (Lipinski definition) is 1. The fourth-order valence-electron chi connectivity index (χ4n) is 1.21. The summed E-state index contributed by atoms with van der Waals surface area (Å²) in [7, 11) is 0. The maximum atomic E-state index is 5.39. The fourth-order valence-corrected chi connectivity index (χ4v) is 1.59. The Morgan fingerprint density at radius 1 is 1.57 bits per heavy atom. The number of hydrogen-bond acceptors (Lipinski definition) is 1. The molecule has 1 aromatic carbocycles. The molecule has 0 aliphatic rings. The van der Waals surface area contributed by atoms with E-state index >= 15 is 0 Å². The lowest BCUT2D eigenvalue weighted by molar-refractivity contribution is 0.857. The van der Waals surface area contributed by atoms with E-state index in [1.54, 1.807) is 0 Å². The summed E-state index contributed by atoms with van der Waals surface area (Å²) in [6.45, 7) is 4.13. The minimum absolute atomic E-state index is 0.105. The summed E-state index contributed by atoms with van der Waals surface area (Å²) in [6.07, 6.45) is 6.32. The van der Waals surface area contributed by atoms with Gasteiger partial charge in [0.2, 0.25) is 0 Å². The molecule has 74 valence electrons. The number of rotatable bonds is 3. The normalized spacial score (nSPS) is 11.9. The zero-order valence-corrected chi connectivity index (χ0v) is 10.1. The van der Waals surface area contributed by atoms with E-state index < -0.39 is 0 Å². The van der Waals surface area contributed by atoms with Gasteiger partial charge in [0.25, 0.3) is 0 Å². The van der Waals surface area contributed by atoms with E-state index in [0.717, 1.165) is 16.6 Å². The van der Waals surface area contributed by atoms with Crippen LogP contribution in [0.25, 0.3) is 0 Å². The molecule has 2 heteroatoms. The number of nitrogens with one attached hydrogen (secondary N) is 1. The van der Waals surface area contributed by atoms with Crippen molar-refractivity contribution in [2.75, 3.05) is 5.32 Å². The first-order valence-electron chi connectivity index (χ1n) is 4.66. The monoisotopic (exact) mass is 251 g/mol. The van der Waals surface area contributed by atoms with Gasteiger partial charge in [-0.2, -0.15) is 0 Å². The Balaban J connectivity index is 2.87. The molecule has 14 heavy (non-hydrogen) atoms. The van der Waals surface area contributed by atoms with Gasteiger partial charge in [0, 0.05) is 10.2 Å². The third-order valence-corrected chi connectivity index (χ3v) is 3.18. The summed E-state index contributed by atoms with van der Waals surface area (Å²) in [4.78, 5) is 0. The van der Waals surface area contributed by atoms with E-state index in [4.69, 9.17) is 6.42 Å². The van der Waals surface area contributed by atoms with Gasteiger partial charge >= 0.3 is 0 Å². The van der Waals surface area contributed by atoms with E-state index in [1.165, 1.54) is 5.56 Å². The molecule has 0 amide bonds. The Morgan fingerprint density at radius 2 is 2.29 bits per heavy atom. The third-order valence-electron chi connectivity index (χ3n) is 2.13. The highest BCUT2D eigenvalue weighted by Gasteiger charge is 2.05. The number of anilines is 1. The average Bonchev–Trinajstić information content (AvgIpc) is 2.20. The highest BCUT2D eigenvalue weighted by molar-refractivity contribution is 9.10. The largest absolute Gasteiger partial charge is 0.371 e. The van der Waals surface area contributed by atoms with E-state index in [0.29, 0.717) is 0 Å². The van der Waals surface area contributed by atoms with Crippen molar-refractivity contribution in [1.29, 1.82) is 0 Å². The molecule has 1 unspecified atom stereocenters. The molecule has 0 aliphatic carbocycles. The lowest BCUT2D eigenvalue weighted by atomic mass is 10.2. The third kappa shape index (κ3) is 2.52. The number of aryl methyl sites for hydroxylation is 1. The smallest absolute Gasteiger partial charge is 0.0871 e. The van der Waals surface area contributed by atoms with Crippen molar-refractivity contribution >= 4 is 21.6 Å². The van der Waals surface area contributed by atoms with E-state index in [9.17, 15) is 0 Å². The highest BCUT2D eigenvalue weighted by atomic mass is 79.9. The zero-order valence-electron chi connectivity index (χ0n) is 8.47. The van der Waals surface area contributed by atoms with E-state index in [1.807, 2.05) is 12.1 Å². The van der Waals surface area contributed by atoms with Crippen LogP contribution in [0.4, 0.5) is 5.69 Å². The molecule has 0 aliphatic heterocycles. The predicted octanol–water partition coefficient (Wildman–Crippen LogP) is 3.58. The van der Waals surface area contributed by atoms with Gasteiger partial charge in [-0.3, -0.25) is 0 Å². The van der Waals surface area contributed by atoms with Gasteiger partial charge < -0.3 is 5.32 Å². The first kappa shape index (κ1) is 11.1. The van der Waals surface area contributed by atoms with Gasteiger partial charge in [-0.25, -0.2) is 0 Å². The van der Waals surface area contributed by atoms with Crippen LogP contribution in [-0.4, -0.2) is 6.04 Å². The van der Waals surface area contributed by atoms with Gasteiger partial charge in [0.15, 0.2) is 0 Å². The van der Waals surface area contributed by atoms with E-state index in [-0.39, 0.29) is 6.04 Å². The van der Waals surface area contributed by atoms with Crippen LogP contribution in [0, 0.1) is 19.3 Å². The van der Waals surface area contributed by atoms with E-state index in [2.05, 4.69) is 47.1 Å². The maximum absolute atomic E-state index is 5.39. The molecule has 1 nitrogen and oxygen atoms in total. The Morgan fingerprint density at radius 3 is 2.86 bits per heavy atom. The van der Waals surface area contributed by atoms with Crippen LogP contribution in [0.1, 0.15) is 18.9 Å². The molecular formula is C12H14BrN. The first-order chi connectivity index (χ1) is 6.69. The fraction of sp³-hybridized carbons (Fsp3) is 0.333. The van der Waals surface area contributed by atoms with Gasteiger partial charge in [0.05, 0.1) is 6.04 Å². The summed E-state index contributed by atoms with van der Waals surface area (Å²) in [5, 5.41) is 3.30. The summed E-state index contributed by atoms with van der Waals surface area (Å²) in [6, 6.07) is 6.21. The van der Waals surface area contributed by atoms with Crippen molar-refractivity contribution in [1.82, 2.24) is 0 Å². The SMILES string of the molecule is C#CC(CC)Nc1cccc(C)c1Br. The molecule has 1 rings (SSSR count). The van der Waals surface area contributed by atoms with Gasteiger partial charge in [-0.1, -0.05) is 25.0 Å². The minimum Gasteiger partial charge on any atom is -0.371 e. The quantitative estimate of drug-likeness (QED) is 0.811. The number of benzene rings is 1. The Bertz CT molecular complexity index is 352. The summed E-state index contributed by atoms with van der Waals surface area (Å²) < 4.78 is 1.09. The predicted molar refractivity (Wildman–Crippen MR) is 65.4 cm³/mol. The van der Waals surface area contributed by atoms with Crippen LogP contribution in [-0.2, 0) is 0 Å². The Labute approximate surface area is 94.0 Å². The Hall–Kier alpha value is -0.940. The molecule has 0 heterocycles. The molecule has 0 bridgehead atoms. The lowest BCUT2D eigenvalue weighted by Crippen LogP contribution is -2.16. The molecular weight excluding hydrogens is 238 g/mol. The summed E-state index contributed by atoms with van der Waals surface area (Å²) in [5.41, 5.74) is 2.27. The second-order valence-corrected chi connectivity index (χ2v) is 4.00. The standard InChI is InChI=1S/C12H14BrN/c1-4-10(5-2)14-11-8-6-7-9(3)12(11)13/h1,6-8,10,14H,5H2,2-3H3. The summed E-state index contributed by atoms with van der Waals surface area (Å²) in [5.74, 6) is 2.71. The second kappa shape index (κ2) is 5.07. The number of halogens is 1. The van der Waals surface area contributed by atoms with Crippen LogP contribution >= 0.6 is 15.9 Å². The van der Waals surface area contributed by atoms with Crippen molar-refractivity contribution in [3.05, 3.63) is 28.2 Å². The van der Waals surface area contributed by atoms with Crippen LogP contribution < -0.4 is 5.32 Å². The van der Waals surface area contributed by atoms with Crippen molar-refractivity contribution in [3.8, 4) is 12.3 Å². The van der Waals surface area contributed by atoms with Crippen molar-refractivity contribution in [3.63, 3.8) is 0 Å². The van der Waals surface area contributed by atoms with Gasteiger partial charge in [0.1, 0.15) is 0 Å². The summed E-state index contributed by atoms with van der Waals surface area (Å²) >= 11 is 3.54. The molecule has 1 atom stereocenters. The molecule has 0 saturated heterocycles. The first-order valence-corrected chi connectivity index (χ1v) is 5.46. The number of terminal acetylenes is 1. The topological polar surface area (TPSA) is 12.0 Å². The molecule has 0 saturated carbocycles. The molecule has 1 N–H and O–H groups in total. The Kier molecular flexibility index (Phi) is 4.03. The van der Waals surface area contributed by atoms with Gasteiger partial charge in [-0.05, 0) is 40.9 Å². The van der Waals surface area contributed by atoms with Gasteiger partial charge in [-0.15, -0.1) is 6.42 Å². The highest BCUT2D eigenvalue weighted by Crippen LogP contribution is 2.26. The second-order valence-electron chi connectivity index (χ2n) is 3.21. The van der Waals surface area contributed by atoms with Crippen molar-refractivity contribution in [2.24, 2.45) is 0 Å². The van der Waals surface area contributed by atoms with Crippen LogP contribution in [0.3, 0.4) is 0 Å². The molecule has 1 aromatic rings. The molecule has 0 spiro atoms. The zero-order chi connectivity index (χ0) is 10.6. The van der Waals surface area contributed by atoms with Crippen molar-refractivity contribution < 1.29 is 0 Å².